The lowest BCUT2D eigenvalue weighted by Gasteiger charge is -2.40. The first kappa shape index (κ1) is 17.1. The molecule has 0 N–H and O–H groups in total. The van der Waals surface area contributed by atoms with Crippen molar-refractivity contribution in [1.82, 2.24) is 19.6 Å². The zero-order valence-corrected chi connectivity index (χ0v) is 14.5. The van der Waals surface area contributed by atoms with Crippen molar-refractivity contribution in [1.29, 1.82) is 0 Å². The first-order chi connectivity index (χ1) is 12.5. The molecule has 1 unspecified atom stereocenters. The largest absolute Gasteiger partial charge is 0.330 e. The van der Waals surface area contributed by atoms with E-state index in [0.717, 1.165) is 25.2 Å². The molecule has 1 atom stereocenters. The molecule has 26 heavy (non-hydrogen) atoms. The van der Waals surface area contributed by atoms with E-state index in [2.05, 4.69) is 22.1 Å². The van der Waals surface area contributed by atoms with Gasteiger partial charge in [0, 0.05) is 25.8 Å². The molecule has 0 bridgehead atoms. The number of hydrogen-bond donors (Lipinski definition) is 0. The van der Waals surface area contributed by atoms with E-state index in [4.69, 9.17) is 0 Å². The molecule has 0 aliphatic carbocycles. The van der Waals surface area contributed by atoms with Crippen LogP contribution in [0.15, 0.2) is 42.6 Å². The Balaban J connectivity index is 1.39. The van der Waals surface area contributed by atoms with Crippen LogP contribution < -0.4 is 0 Å². The molecule has 0 radical (unpaired) electrons. The molecule has 4 rings (SSSR count). The van der Waals surface area contributed by atoms with E-state index in [-0.39, 0.29) is 18.4 Å². The molecule has 2 aliphatic heterocycles. The molecule has 1 aromatic carbocycles. The van der Waals surface area contributed by atoms with Gasteiger partial charge in [-0.3, -0.25) is 14.4 Å². The van der Waals surface area contributed by atoms with Gasteiger partial charge in [-0.25, -0.2) is 8.78 Å². The summed E-state index contributed by atoms with van der Waals surface area (Å²) in [4.78, 5) is 15.9. The normalized spacial score (nSPS) is 21.9. The summed E-state index contributed by atoms with van der Waals surface area (Å²) in [5, 5.41) is 4.35. The second-order valence-electron chi connectivity index (χ2n) is 7.20. The quantitative estimate of drug-likeness (QED) is 0.822. The maximum Gasteiger partial charge on any atom is 0.282 e. The smallest absolute Gasteiger partial charge is 0.282 e. The molecule has 2 aromatic rings. The van der Waals surface area contributed by atoms with Crippen LogP contribution in [0, 0.1) is 0 Å². The van der Waals surface area contributed by atoms with E-state index < -0.39 is 19.0 Å². The number of carbonyl (C=O) groups excluding carboxylic acids is 1. The van der Waals surface area contributed by atoms with Gasteiger partial charge in [0.2, 0.25) is 5.91 Å². The van der Waals surface area contributed by atoms with Crippen LogP contribution in [-0.2, 0) is 17.8 Å². The van der Waals surface area contributed by atoms with Crippen LogP contribution in [0.1, 0.15) is 23.7 Å². The van der Waals surface area contributed by atoms with E-state index in [1.165, 1.54) is 10.5 Å². The van der Waals surface area contributed by atoms with Gasteiger partial charge in [-0.1, -0.05) is 30.3 Å². The van der Waals surface area contributed by atoms with Gasteiger partial charge < -0.3 is 4.90 Å². The number of halogens is 2. The first-order valence-corrected chi connectivity index (χ1v) is 8.94. The Morgan fingerprint density at radius 2 is 1.96 bits per heavy atom. The van der Waals surface area contributed by atoms with Crippen LogP contribution in [-0.4, -0.2) is 57.6 Å². The Morgan fingerprint density at radius 3 is 2.69 bits per heavy atom. The summed E-state index contributed by atoms with van der Waals surface area (Å²) in [5.74, 6) is -2.94. The molecule has 1 fully saturated rings. The van der Waals surface area contributed by atoms with Gasteiger partial charge in [0.1, 0.15) is 0 Å². The number of benzene rings is 1. The second-order valence-corrected chi connectivity index (χ2v) is 7.20. The maximum atomic E-state index is 13.0. The van der Waals surface area contributed by atoms with E-state index in [9.17, 15) is 13.6 Å². The number of fused-ring (bicyclic) bond motifs is 1. The summed E-state index contributed by atoms with van der Waals surface area (Å²) in [6.07, 6.45) is 2.89. The minimum absolute atomic E-state index is 0.105. The molecule has 138 valence electrons. The number of likely N-dealkylation sites (tertiary alicyclic amines) is 1. The highest BCUT2D eigenvalue weighted by Gasteiger charge is 2.46. The highest BCUT2D eigenvalue weighted by atomic mass is 19.3. The van der Waals surface area contributed by atoms with Crippen LogP contribution >= 0.6 is 0 Å². The van der Waals surface area contributed by atoms with Crippen LogP contribution in [0.2, 0.25) is 0 Å². The fourth-order valence-corrected chi connectivity index (χ4v) is 3.74. The third-order valence-electron chi connectivity index (χ3n) is 5.12. The predicted molar refractivity (Wildman–Crippen MR) is 92.8 cm³/mol. The Hall–Kier alpha value is -2.28. The highest BCUT2D eigenvalue weighted by molar-refractivity contribution is 5.77. The highest BCUT2D eigenvalue weighted by Crippen LogP contribution is 2.30. The fraction of sp³-hybridized carbons (Fsp3) is 0.474. The van der Waals surface area contributed by atoms with Crippen molar-refractivity contribution < 1.29 is 13.6 Å². The standard InChI is InChI=1S/C19H22F2N4O/c20-19(21)13-24(14-19)18(26)10-17-12-23(11-16-6-8-22-25(16)17)9-7-15-4-2-1-3-5-15/h1-6,8,17H,7,9-14H2. The molecular weight excluding hydrogens is 338 g/mol. The molecular formula is C19H22F2N4O. The lowest BCUT2D eigenvalue weighted by atomic mass is 10.1. The zero-order chi connectivity index (χ0) is 18.1. The molecule has 7 heteroatoms. The van der Waals surface area contributed by atoms with E-state index in [1.807, 2.05) is 28.9 Å². The molecule has 5 nitrogen and oxygen atoms in total. The minimum atomic E-state index is -2.72. The van der Waals surface area contributed by atoms with Crippen LogP contribution in [0.25, 0.3) is 0 Å². The lowest BCUT2D eigenvalue weighted by Crippen LogP contribution is -2.58. The van der Waals surface area contributed by atoms with Crippen molar-refractivity contribution in [2.45, 2.75) is 31.4 Å². The number of hydrogen-bond acceptors (Lipinski definition) is 3. The number of nitrogens with zero attached hydrogens (tertiary/aromatic N) is 4. The number of rotatable bonds is 5. The summed E-state index contributed by atoms with van der Waals surface area (Å²) < 4.78 is 27.9. The van der Waals surface area contributed by atoms with Gasteiger partial charge in [-0.05, 0) is 18.1 Å². The van der Waals surface area contributed by atoms with Gasteiger partial charge in [-0.15, -0.1) is 0 Å². The van der Waals surface area contributed by atoms with Crippen molar-refractivity contribution in [3.8, 4) is 0 Å². The summed E-state index contributed by atoms with van der Waals surface area (Å²) in [6, 6.07) is 12.1. The zero-order valence-electron chi connectivity index (χ0n) is 14.5. The number of amides is 1. The van der Waals surface area contributed by atoms with E-state index in [0.29, 0.717) is 6.54 Å². The summed E-state index contributed by atoms with van der Waals surface area (Å²) in [5.41, 5.74) is 2.35. The number of carbonyl (C=O) groups is 1. The van der Waals surface area contributed by atoms with Crippen LogP contribution in [0.3, 0.4) is 0 Å². The summed E-state index contributed by atoms with van der Waals surface area (Å²) in [7, 11) is 0. The Labute approximate surface area is 151 Å². The lowest BCUT2D eigenvalue weighted by molar-refractivity contribution is -0.166. The van der Waals surface area contributed by atoms with Gasteiger partial charge in [-0.2, -0.15) is 5.10 Å². The third kappa shape index (κ3) is 3.62. The Kier molecular flexibility index (Phi) is 4.48. The molecule has 0 saturated carbocycles. The van der Waals surface area contributed by atoms with Gasteiger partial charge in [0.15, 0.2) is 0 Å². The third-order valence-corrected chi connectivity index (χ3v) is 5.12. The Morgan fingerprint density at radius 1 is 1.19 bits per heavy atom. The summed E-state index contributed by atoms with van der Waals surface area (Å²) >= 11 is 0. The molecule has 3 heterocycles. The van der Waals surface area contributed by atoms with Crippen LogP contribution in [0.5, 0.6) is 0 Å². The van der Waals surface area contributed by atoms with Gasteiger partial charge in [0.05, 0.1) is 31.2 Å². The molecule has 1 saturated heterocycles. The molecule has 1 amide bonds. The maximum absolute atomic E-state index is 13.0. The monoisotopic (exact) mass is 360 g/mol. The van der Waals surface area contributed by atoms with Crippen molar-refractivity contribution in [3.63, 3.8) is 0 Å². The molecule has 1 aromatic heterocycles. The van der Waals surface area contributed by atoms with Gasteiger partial charge in [0.25, 0.3) is 5.92 Å². The first-order valence-electron chi connectivity index (χ1n) is 8.94. The Bertz CT molecular complexity index is 769. The van der Waals surface area contributed by atoms with Gasteiger partial charge >= 0.3 is 0 Å². The van der Waals surface area contributed by atoms with Crippen molar-refractivity contribution >= 4 is 5.91 Å². The average Bonchev–Trinajstić information content (AvgIpc) is 3.07. The topological polar surface area (TPSA) is 41.4 Å². The van der Waals surface area contributed by atoms with Crippen molar-refractivity contribution in [2.75, 3.05) is 26.2 Å². The molecule has 0 spiro atoms. The van der Waals surface area contributed by atoms with E-state index >= 15 is 0 Å². The molecule has 2 aliphatic rings. The fourth-order valence-electron chi connectivity index (χ4n) is 3.74. The number of alkyl halides is 2. The van der Waals surface area contributed by atoms with Crippen LogP contribution in [0.4, 0.5) is 8.78 Å². The summed E-state index contributed by atoms with van der Waals surface area (Å²) in [6.45, 7) is 1.48. The second kappa shape index (κ2) is 6.79. The van der Waals surface area contributed by atoms with Crippen molar-refractivity contribution in [3.05, 3.63) is 53.9 Å². The SMILES string of the molecule is O=C(CC1CN(CCc2ccccc2)Cc2ccnn21)N1CC(F)(F)C1. The van der Waals surface area contributed by atoms with Crippen molar-refractivity contribution in [2.24, 2.45) is 0 Å². The minimum Gasteiger partial charge on any atom is -0.330 e. The predicted octanol–water partition coefficient (Wildman–Crippen LogP) is 2.35. The number of aromatic nitrogens is 2. The average molecular weight is 360 g/mol. The van der Waals surface area contributed by atoms with E-state index in [1.54, 1.807) is 6.20 Å².